The number of carbonyl (C=O) groups excluding carboxylic acids is 2. The maximum atomic E-state index is 11.7. The van der Waals surface area contributed by atoms with Crippen LogP contribution >= 0.6 is 34.8 Å². The molecule has 0 aliphatic carbocycles. The molecule has 0 aliphatic heterocycles. The Labute approximate surface area is 139 Å². The summed E-state index contributed by atoms with van der Waals surface area (Å²) in [6, 6.07) is 0. The van der Waals surface area contributed by atoms with Crippen LogP contribution in [0.3, 0.4) is 0 Å². The zero-order chi connectivity index (χ0) is 16.5. The fraction of sp³-hybridized carbons (Fsp3) is 0.667. The van der Waals surface area contributed by atoms with E-state index in [9.17, 15) is 9.59 Å². The van der Waals surface area contributed by atoms with Gasteiger partial charge < -0.3 is 19.7 Å². The van der Waals surface area contributed by atoms with Gasteiger partial charge in [-0.2, -0.15) is 0 Å². The highest BCUT2D eigenvalue weighted by Gasteiger charge is 2.23. The van der Waals surface area contributed by atoms with Crippen molar-refractivity contribution in [1.82, 2.24) is 10.2 Å². The van der Waals surface area contributed by atoms with E-state index in [1.54, 1.807) is 13.8 Å². The third kappa shape index (κ3) is 10.5. The molecule has 9 heteroatoms. The Morgan fingerprint density at radius 3 is 2.43 bits per heavy atom. The smallest absolute Gasteiger partial charge is 0.409 e. The molecule has 0 rings (SSSR count). The summed E-state index contributed by atoms with van der Waals surface area (Å²) in [7, 11) is 1.30. The van der Waals surface area contributed by atoms with E-state index in [0.29, 0.717) is 25.3 Å². The Kier molecular flexibility index (Phi) is 9.57. The maximum absolute atomic E-state index is 11.7. The zero-order valence-electron chi connectivity index (χ0n) is 12.1. The predicted octanol–water partition coefficient (Wildman–Crippen LogP) is 2.48. The van der Waals surface area contributed by atoms with Crippen LogP contribution in [0.4, 0.5) is 4.79 Å². The van der Waals surface area contributed by atoms with Crippen molar-refractivity contribution in [3.63, 3.8) is 0 Å². The standard InChI is InChI=1S/C12H19Cl3N2O4/c1-4-17(11(19)21-8-12(13,14)15)6-5-16-9(2)7-10(18)20-3/h7,16H,4-6,8H2,1-3H3. The van der Waals surface area contributed by atoms with Crippen LogP contribution in [0.2, 0.25) is 0 Å². The molecule has 0 spiro atoms. The number of nitrogens with one attached hydrogen (secondary N) is 1. The van der Waals surface area contributed by atoms with Crippen molar-refractivity contribution >= 4 is 46.9 Å². The minimum atomic E-state index is -1.63. The Bertz CT molecular complexity index is 383. The van der Waals surface area contributed by atoms with E-state index in [1.807, 2.05) is 0 Å². The highest BCUT2D eigenvalue weighted by Crippen LogP contribution is 2.26. The van der Waals surface area contributed by atoms with E-state index in [2.05, 4.69) is 10.1 Å². The third-order valence-corrected chi connectivity index (χ3v) is 2.65. The second-order valence-corrected chi connectivity index (χ2v) is 6.54. The Morgan fingerprint density at radius 2 is 1.95 bits per heavy atom. The number of amides is 1. The lowest BCUT2D eigenvalue weighted by atomic mass is 10.4. The van der Waals surface area contributed by atoms with Crippen LogP contribution in [0, 0.1) is 0 Å². The van der Waals surface area contributed by atoms with Gasteiger partial charge in [0.05, 0.1) is 7.11 Å². The molecule has 0 atom stereocenters. The lowest BCUT2D eigenvalue weighted by molar-refractivity contribution is -0.134. The van der Waals surface area contributed by atoms with Crippen molar-refractivity contribution < 1.29 is 19.1 Å². The summed E-state index contributed by atoms with van der Waals surface area (Å²) in [6.07, 6.45) is 0.748. The number of esters is 1. The molecule has 0 aromatic heterocycles. The van der Waals surface area contributed by atoms with Gasteiger partial charge >= 0.3 is 12.1 Å². The predicted molar refractivity (Wildman–Crippen MR) is 82.7 cm³/mol. The normalized spacial score (nSPS) is 11.8. The van der Waals surface area contributed by atoms with Crippen LogP contribution in [-0.2, 0) is 14.3 Å². The lowest BCUT2D eigenvalue weighted by Gasteiger charge is -2.22. The van der Waals surface area contributed by atoms with E-state index in [0.717, 1.165) is 0 Å². The van der Waals surface area contributed by atoms with Gasteiger partial charge in [-0.25, -0.2) is 9.59 Å². The average Bonchev–Trinajstić information content (AvgIpc) is 2.40. The average molecular weight is 362 g/mol. The molecule has 0 radical (unpaired) electrons. The van der Waals surface area contributed by atoms with Crippen molar-refractivity contribution in [2.75, 3.05) is 33.4 Å². The first-order valence-corrected chi connectivity index (χ1v) is 7.31. The quantitative estimate of drug-likeness (QED) is 0.429. The molecule has 0 aromatic rings. The number of nitrogens with zero attached hydrogens (tertiary/aromatic N) is 1. The number of carbonyl (C=O) groups is 2. The topological polar surface area (TPSA) is 67.9 Å². The van der Waals surface area contributed by atoms with Gasteiger partial charge in [0.1, 0.15) is 6.61 Å². The fourth-order valence-corrected chi connectivity index (χ4v) is 1.45. The first-order chi connectivity index (χ1) is 9.69. The van der Waals surface area contributed by atoms with Crippen molar-refractivity contribution in [2.45, 2.75) is 17.6 Å². The zero-order valence-corrected chi connectivity index (χ0v) is 14.4. The summed E-state index contributed by atoms with van der Waals surface area (Å²) in [4.78, 5) is 24.2. The van der Waals surface area contributed by atoms with Crippen LogP contribution in [0.15, 0.2) is 11.8 Å². The van der Waals surface area contributed by atoms with E-state index >= 15 is 0 Å². The van der Waals surface area contributed by atoms with Gasteiger partial charge in [-0.05, 0) is 13.8 Å². The van der Waals surface area contributed by atoms with Crippen molar-refractivity contribution in [2.24, 2.45) is 0 Å². The highest BCUT2D eigenvalue weighted by molar-refractivity contribution is 6.67. The van der Waals surface area contributed by atoms with Crippen molar-refractivity contribution in [3.05, 3.63) is 11.8 Å². The highest BCUT2D eigenvalue weighted by atomic mass is 35.6. The number of rotatable bonds is 7. The number of allylic oxidation sites excluding steroid dienone is 1. The first kappa shape index (κ1) is 20.1. The number of ether oxygens (including phenoxy) is 2. The summed E-state index contributed by atoms with van der Waals surface area (Å²) in [5.41, 5.74) is 0.632. The molecule has 0 aliphatic rings. The summed E-state index contributed by atoms with van der Waals surface area (Å²) in [5.74, 6) is -0.450. The van der Waals surface area contributed by atoms with Gasteiger partial charge in [-0.15, -0.1) is 0 Å². The van der Waals surface area contributed by atoms with Crippen molar-refractivity contribution in [1.29, 1.82) is 0 Å². The first-order valence-electron chi connectivity index (χ1n) is 6.18. The van der Waals surface area contributed by atoms with Crippen LogP contribution in [-0.4, -0.2) is 54.1 Å². The second-order valence-electron chi connectivity index (χ2n) is 4.03. The summed E-state index contributed by atoms with van der Waals surface area (Å²) in [5, 5.41) is 2.97. The molecule has 1 N–H and O–H groups in total. The van der Waals surface area contributed by atoms with E-state index in [4.69, 9.17) is 39.5 Å². The molecule has 21 heavy (non-hydrogen) atoms. The second kappa shape index (κ2) is 9.97. The summed E-state index contributed by atoms with van der Waals surface area (Å²) < 4.78 is 7.74. The SMILES string of the molecule is CCN(CCNC(C)=CC(=O)OC)C(=O)OCC(Cl)(Cl)Cl. The third-order valence-electron chi connectivity index (χ3n) is 2.32. The molecule has 122 valence electrons. The minimum Gasteiger partial charge on any atom is -0.466 e. The molecule has 0 heterocycles. The van der Waals surface area contributed by atoms with Gasteiger partial charge in [0.2, 0.25) is 3.79 Å². The number of hydrogen-bond acceptors (Lipinski definition) is 5. The fourth-order valence-electron chi connectivity index (χ4n) is 1.29. The van der Waals surface area contributed by atoms with Gasteiger partial charge in [0.15, 0.2) is 0 Å². The minimum absolute atomic E-state index is 0.318. The molecule has 0 fully saturated rings. The number of hydrogen-bond donors (Lipinski definition) is 1. The van der Waals surface area contributed by atoms with Crippen molar-refractivity contribution in [3.8, 4) is 0 Å². The molecular weight excluding hydrogens is 343 g/mol. The number of halogens is 3. The van der Waals surface area contributed by atoms with E-state index in [1.165, 1.54) is 18.1 Å². The maximum Gasteiger partial charge on any atom is 0.409 e. The Morgan fingerprint density at radius 1 is 1.33 bits per heavy atom. The number of methoxy groups -OCH3 is 1. The van der Waals surface area contributed by atoms with E-state index < -0.39 is 15.9 Å². The summed E-state index contributed by atoms with van der Waals surface area (Å²) >= 11 is 16.5. The molecule has 1 amide bonds. The van der Waals surface area contributed by atoms with Gasteiger partial charge in [-0.1, -0.05) is 34.8 Å². The monoisotopic (exact) mass is 360 g/mol. The molecule has 0 unspecified atom stereocenters. The lowest BCUT2D eigenvalue weighted by Crippen LogP contribution is -2.38. The summed E-state index contributed by atoms with van der Waals surface area (Å²) in [6.45, 7) is 4.46. The van der Waals surface area contributed by atoms with Crippen LogP contribution in [0.25, 0.3) is 0 Å². The van der Waals surface area contributed by atoms with Gasteiger partial charge in [0.25, 0.3) is 0 Å². The van der Waals surface area contributed by atoms with Crippen LogP contribution in [0.1, 0.15) is 13.8 Å². The number of alkyl halides is 3. The van der Waals surface area contributed by atoms with Gasteiger partial charge in [0, 0.05) is 31.4 Å². The molecule has 0 aromatic carbocycles. The largest absolute Gasteiger partial charge is 0.466 e. The van der Waals surface area contributed by atoms with Crippen LogP contribution in [0.5, 0.6) is 0 Å². The Hall–Kier alpha value is -0.850. The molecular formula is C12H19Cl3N2O4. The van der Waals surface area contributed by atoms with Gasteiger partial charge in [-0.3, -0.25) is 0 Å². The molecule has 0 saturated carbocycles. The van der Waals surface area contributed by atoms with Crippen LogP contribution < -0.4 is 5.32 Å². The molecule has 6 nitrogen and oxygen atoms in total. The molecule has 0 saturated heterocycles. The molecule has 0 bridgehead atoms. The number of likely N-dealkylation sites (N-methyl/N-ethyl adjacent to an activating group) is 1. The van der Waals surface area contributed by atoms with E-state index in [-0.39, 0.29) is 6.61 Å². The Balaban J connectivity index is 4.18.